The van der Waals surface area contributed by atoms with E-state index < -0.39 is 11.8 Å². The van der Waals surface area contributed by atoms with Gasteiger partial charge in [-0.25, -0.2) is 14.2 Å². The Balaban J connectivity index is 1.55. The van der Waals surface area contributed by atoms with Gasteiger partial charge < -0.3 is 9.15 Å². The number of esters is 1. The first-order chi connectivity index (χ1) is 15.7. The first-order valence-corrected chi connectivity index (χ1v) is 11.2. The van der Waals surface area contributed by atoms with Crippen molar-refractivity contribution in [2.75, 3.05) is 4.90 Å². The minimum Gasteiger partial charge on any atom is -0.453 e. The first kappa shape index (κ1) is 22.7. The predicted molar refractivity (Wildman–Crippen MR) is 126 cm³/mol. The summed E-state index contributed by atoms with van der Waals surface area (Å²) in [5, 5.41) is 2.77. The van der Waals surface area contributed by atoms with Crippen molar-refractivity contribution in [3.63, 3.8) is 0 Å². The molecule has 0 radical (unpaired) electrons. The molecular formula is C25H23FN2O4S. The Morgan fingerprint density at radius 1 is 1.12 bits per heavy atom. The highest BCUT2D eigenvalue weighted by atomic mass is 32.1. The van der Waals surface area contributed by atoms with Crippen molar-refractivity contribution >= 4 is 45.0 Å². The molecule has 0 aliphatic heterocycles. The largest absolute Gasteiger partial charge is 0.453 e. The van der Waals surface area contributed by atoms with Crippen LogP contribution in [0.3, 0.4) is 0 Å². The summed E-state index contributed by atoms with van der Waals surface area (Å²) in [4.78, 5) is 31.2. The number of carbonyl (C=O) groups excluding carboxylic acids is 2. The number of aromatic nitrogens is 1. The van der Waals surface area contributed by atoms with Crippen LogP contribution in [0.25, 0.3) is 11.0 Å². The smallest absolute Gasteiger partial charge is 0.374 e. The highest BCUT2D eigenvalue weighted by Gasteiger charge is 2.23. The maximum absolute atomic E-state index is 13.5. The molecule has 0 spiro atoms. The summed E-state index contributed by atoms with van der Waals surface area (Å²) < 4.78 is 24.5. The van der Waals surface area contributed by atoms with Crippen molar-refractivity contribution in [1.82, 2.24) is 4.98 Å². The third-order valence-corrected chi connectivity index (χ3v) is 6.21. The standard InChI is InChI=1S/C25H23FN2O4S/c1-13-8-14(2)22(15(3)9-13)28(17(5)29)25-27-19(12-33-25)11-31-24(30)23-16(4)20-10-18(26)6-7-21(20)32-23/h6-10,12H,11H2,1-5H3. The summed E-state index contributed by atoms with van der Waals surface area (Å²) in [6.07, 6.45) is 0. The number of thiazole rings is 1. The fourth-order valence-electron chi connectivity index (χ4n) is 3.97. The Labute approximate surface area is 194 Å². The third kappa shape index (κ3) is 4.39. The van der Waals surface area contributed by atoms with E-state index in [0.29, 0.717) is 27.4 Å². The number of hydrogen-bond acceptors (Lipinski definition) is 6. The van der Waals surface area contributed by atoms with Gasteiger partial charge in [0.2, 0.25) is 11.7 Å². The molecule has 0 N–H and O–H groups in total. The molecule has 0 unspecified atom stereocenters. The van der Waals surface area contributed by atoms with Crippen LogP contribution >= 0.6 is 11.3 Å². The van der Waals surface area contributed by atoms with Gasteiger partial charge in [0.05, 0.1) is 11.4 Å². The predicted octanol–water partition coefficient (Wildman–Crippen LogP) is 6.30. The van der Waals surface area contributed by atoms with Crippen molar-refractivity contribution in [2.45, 2.75) is 41.2 Å². The third-order valence-electron chi connectivity index (χ3n) is 5.34. The van der Waals surface area contributed by atoms with E-state index in [1.807, 2.05) is 32.9 Å². The molecule has 0 bridgehead atoms. The van der Waals surface area contributed by atoms with Gasteiger partial charge in [-0.3, -0.25) is 9.69 Å². The SMILES string of the molecule is CC(=O)N(c1nc(COC(=O)c2oc3ccc(F)cc3c2C)cs1)c1c(C)cc(C)cc1C. The van der Waals surface area contributed by atoms with Crippen molar-refractivity contribution in [1.29, 1.82) is 0 Å². The highest BCUT2D eigenvalue weighted by molar-refractivity contribution is 7.14. The van der Waals surface area contributed by atoms with Crippen LogP contribution in [-0.2, 0) is 16.1 Å². The first-order valence-electron chi connectivity index (χ1n) is 10.3. The highest BCUT2D eigenvalue weighted by Crippen LogP contribution is 2.35. The maximum Gasteiger partial charge on any atom is 0.374 e. The van der Waals surface area contributed by atoms with Gasteiger partial charge in [0.25, 0.3) is 0 Å². The number of hydrogen-bond donors (Lipinski definition) is 0. The van der Waals surface area contributed by atoms with Crippen LogP contribution in [0.2, 0.25) is 0 Å². The van der Waals surface area contributed by atoms with Crippen LogP contribution in [0.5, 0.6) is 0 Å². The van der Waals surface area contributed by atoms with E-state index in [1.165, 1.54) is 36.5 Å². The van der Waals surface area contributed by atoms with E-state index in [4.69, 9.17) is 9.15 Å². The van der Waals surface area contributed by atoms with Gasteiger partial charge in [0.15, 0.2) is 5.13 Å². The summed E-state index contributed by atoms with van der Waals surface area (Å²) in [6, 6.07) is 8.12. The number of benzene rings is 2. The molecule has 0 aliphatic carbocycles. The van der Waals surface area contributed by atoms with Crippen molar-refractivity contribution in [3.8, 4) is 0 Å². The molecule has 170 valence electrons. The van der Waals surface area contributed by atoms with Crippen molar-refractivity contribution in [3.05, 3.63) is 75.2 Å². The van der Waals surface area contributed by atoms with E-state index in [9.17, 15) is 14.0 Å². The summed E-state index contributed by atoms with van der Waals surface area (Å²) in [5.41, 5.74) is 5.31. The fraction of sp³-hybridized carbons (Fsp3) is 0.240. The van der Waals surface area contributed by atoms with E-state index in [-0.39, 0.29) is 18.3 Å². The number of anilines is 2. The lowest BCUT2D eigenvalue weighted by Gasteiger charge is -2.23. The molecule has 8 heteroatoms. The quantitative estimate of drug-likeness (QED) is 0.323. The molecule has 0 aliphatic rings. The zero-order valence-electron chi connectivity index (χ0n) is 19.0. The Hall–Kier alpha value is -3.52. The summed E-state index contributed by atoms with van der Waals surface area (Å²) in [7, 11) is 0. The average Bonchev–Trinajstić information content (AvgIpc) is 3.33. The van der Waals surface area contributed by atoms with Gasteiger partial charge in [0, 0.05) is 23.3 Å². The fourth-order valence-corrected chi connectivity index (χ4v) is 4.83. The van der Waals surface area contributed by atoms with E-state index >= 15 is 0 Å². The molecule has 0 fully saturated rings. The number of aryl methyl sites for hydroxylation is 4. The van der Waals surface area contributed by atoms with E-state index in [1.54, 1.807) is 17.2 Å². The van der Waals surface area contributed by atoms with Gasteiger partial charge in [-0.2, -0.15) is 0 Å². The minimum absolute atomic E-state index is 0.0299. The lowest BCUT2D eigenvalue weighted by atomic mass is 10.0. The zero-order valence-corrected chi connectivity index (χ0v) is 19.8. The lowest BCUT2D eigenvalue weighted by Crippen LogP contribution is -2.24. The summed E-state index contributed by atoms with van der Waals surface area (Å²) >= 11 is 1.30. The molecule has 0 atom stereocenters. The van der Waals surface area contributed by atoms with Crippen LogP contribution < -0.4 is 4.90 Å². The monoisotopic (exact) mass is 466 g/mol. The second-order valence-electron chi connectivity index (χ2n) is 8.00. The molecule has 2 aromatic heterocycles. The Bertz CT molecular complexity index is 1370. The second-order valence-corrected chi connectivity index (χ2v) is 8.83. The number of fused-ring (bicyclic) bond motifs is 1. The normalized spacial score (nSPS) is 11.1. The molecule has 2 aromatic carbocycles. The molecule has 4 rings (SSSR count). The minimum atomic E-state index is -0.660. The van der Waals surface area contributed by atoms with Crippen LogP contribution in [0.15, 0.2) is 40.1 Å². The number of nitrogens with zero attached hydrogens (tertiary/aromatic N) is 2. The number of ether oxygens (including phenoxy) is 1. The van der Waals surface area contributed by atoms with Crippen LogP contribution in [0.1, 0.15) is 45.4 Å². The molecule has 0 saturated heterocycles. The van der Waals surface area contributed by atoms with Crippen LogP contribution in [0, 0.1) is 33.5 Å². The number of rotatable bonds is 5. The molecule has 6 nitrogen and oxygen atoms in total. The number of halogens is 1. The van der Waals surface area contributed by atoms with Crippen LogP contribution in [0.4, 0.5) is 15.2 Å². The Morgan fingerprint density at radius 2 is 1.82 bits per heavy atom. The molecule has 0 saturated carbocycles. The van der Waals surface area contributed by atoms with Gasteiger partial charge in [-0.1, -0.05) is 17.7 Å². The average molecular weight is 467 g/mol. The van der Waals surface area contributed by atoms with Crippen molar-refractivity contribution < 1.29 is 23.1 Å². The zero-order chi connectivity index (χ0) is 23.9. The Morgan fingerprint density at radius 3 is 2.48 bits per heavy atom. The number of amides is 1. The van der Waals surface area contributed by atoms with Gasteiger partial charge in [0.1, 0.15) is 18.0 Å². The molecule has 33 heavy (non-hydrogen) atoms. The van der Waals surface area contributed by atoms with E-state index in [0.717, 1.165) is 22.4 Å². The van der Waals surface area contributed by atoms with Crippen LogP contribution in [-0.4, -0.2) is 16.9 Å². The second kappa shape index (κ2) is 8.78. The molecule has 2 heterocycles. The summed E-state index contributed by atoms with van der Waals surface area (Å²) in [5.74, 6) is -1.20. The number of carbonyl (C=O) groups is 2. The molecule has 1 amide bonds. The number of furan rings is 1. The molecular weight excluding hydrogens is 443 g/mol. The topological polar surface area (TPSA) is 72.6 Å². The van der Waals surface area contributed by atoms with Crippen molar-refractivity contribution in [2.24, 2.45) is 0 Å². The summed E-state index contributed by atoms with van der Waals surface area (Å²) in [6.45, 7) is 9.02. The van der Waals surface area contributed by atoms with E-state index in [2.05, 4.69) is 4.98 Å². The Kier molecular flexibility index (Phi) is 6.03. The van der Waals surface area contributed by atoms with Gasteiger partial charge >= 0.3 is 5.97 Å². The van der Waals surface area contributed by atoms with Gasteiger partial charge in [-0.15, -0.1) is 11.3 Å². The maximum atomic E-state index is 13.5. The van der Waals surface area contributed by atoms with Gasteiger partial charge in [-0.05, 0) is 57.0 Å². The lowest BCUT2D eigenvalue weighted by molar-refractivity contribution is -0.115. The molecule has 4 aromatic rings.